The standard InChI is InChI=1S/C12H9NO3S/c1-16-8-4-2-3-6-10(8)13-12-9(11(6)15)7(14)5-17-12/h2-5,14H,1H3,(H,13,15). The van der Waals surface area contributed by atoms with E-state index in [4.69, 9.17) is 4.74 Å². The third-order valence-corrected chi connectivity index (χ3v) is 3.61. The molecule has 0 aliphatic carbocycles. The van der Waals surface area contributed by atoms with E-state index >= 15 is 0 Å². The van der Waals surface area contributed by atoms with Crippen molar-refractivity contribution in [2.24, 2.45) is 0 Å². The van der Waals surface area contributed by atoms with Crippen molar-refractivity contribution >= 4 is 32.5 Å². The second-order valence-corrected chi connectivity index (χ2v) is 4.54. The van der Waals surface area contributed by atoms with Crippen molar-refractivity contribution < 1.29 is 9.84 Å². The van der Waals surface area contributed by atoms with Crippen molar-refractivity contribution in [2.75, 3.05) is 7.11 Å². The molecule has 0 fully saturated rings. The van der Waals surface area contributed by atoms with Crippen molar-refractivity contribution in [3.05, 3.63) is 33.8 Å². The summed E-state index contributed by atoms with van der Waals surface area (Å²) in [4.78, 5) is 16.0. The van der Waals surface area contributed by atoms with E-state index in [9.17, 15) is 9.90 Å². The topological polar surface area (TPSA) is 62.3 Å². The predicted molar refractivity (Wildman–Crippen MR) is 68.2 cm³/mol. The van der Waals surface area contributed by atoms with Crippen molar-refractivity contribution in [1.29, 1.82) is 0 Å². The lowest BCUT2D eigenvalue weighted by molar-refractivity contribution is 0.419. The van der Waals surface area contributed by atoms with E-state index in [0.29, 0.717) is 26.9 Å². The fourth-order valence-corrected chi connectivity index (χ4v) is 2.75. The van der Waals surface area contributed by atoms with Crippen LogP contribution in [-0.2, 0) is 0 Å². The Morgan fingerprint density at radius 3 is 3.00 bits per heavy atom. The number of aromatic hydroxyl groups is 1. The number of para-hydroxylation sites is 1. The maximum Gasteiger partial charge on any atom is 0.201 e. The van der Waals surface area contributed by atoms with Crippen LogP contribution in [0.4, 0.5) is 0 Å². The van der Waals surface area contributed by atoms with Gasteiger partial charge in [0.15, 0.2) is 0 Å². The van der Waals surface area contributed by atoms with E-state index in [2.05, 4.69) is 4.98 Å². The molecule has 0 amide bonds. The molecule has 0 aliphatic rings. The van der Waals surface area contributed by atoms with Gasteiger partial charge in [0.25, 0.3) is 0 Å². The van der Waals surface area contributed by atoms with Gasteiger partial charge in [0, 0.05) is 5.38 Å². The molecule has 17 heavy (non-hydrogen) atoms. The largest absolute Gasteiger partial charge is 0.506 e. The summed E-state index contributed by atoms with van der Waals surface area (Å²) in [7, 11) is 1.56. The first-order valence-electron chi connectivity index (χ1n) is 5.01. The number of ether oxygens (including phenoxy) is 1. The summed E-state index contributed by atoms with van der Waals surface area (Å²) in [5, 5.41) is 12.0. The second kappa shape index (κ2) is 3.49. The molecule has 86 valence electrons. The van der Waals surface area contributed by atoms with Crippen LogP contribution in [0.2, 0.25) is 0 Å². The van der Waals surface area contributed by atoms with Gasteiger partial charge in [0.1, 0.15) is 16.3 Å². The molecule has 0 atom stereocenters. The van der Waals surface area contributed by atoms with Crippen LogP contribution >= 0.6 is 11.3 Å². The molecule has 0 saturated carbocycles. The highest BCUT2D eigenvalue weighted by Gasteiger charge is 2.13. The molecular weight excluding hydrogens is 238 g/mol. The van der Waals surface area contributed by atoms with E-state index in [1.165, 1.54) is 11.3 Å². The van der Waals surface area contributed by atoms with E-state index in [1.54, 1.807) is 30.7 Å². The molecule has 3 aromatic rings. The second-order valence-electron chi connectivity index (χ2n) is 3.66. The number of pyridine rings is 1. The van der Waals surface area contributed by atoms with Crippen LogP contribution in [0.3, 0.4) is 0 Å². The number of aromatic nitrogens is 1. The van der Waals surface area contributed by atoms with E-state index in [1.807, 2.05) is 0 Å². The Labute approximate surface area is 100 Å². The van der Waals surface area contributed by atoms with Gasteiger partial charge in [-0.3, -0.25) is 4.79 Å². The number of benzene rings is 1. The van der Waals surface area contributed by atoms with Crippen LogP contribution in [0.1, 0.15) is 0 Å². The van der Waals surface area contributed by atoms with Crippen LogP contribution in [-0.4, -0.2) is 17.2 Å². The van der Waals surface area contributed by atoms with E-state index < -0.39 is 0 Å². The van der Waals surface area contributed by atoms with Gasteiger partial charge in [0.05, 0.1) is 23.4 Å². The number of hydrogen-bond donors (Lipinski definition) is 2. The smallest absolute Gasteiger partial charge is 0.201 e. The fraction of sp³-hybridized carbons (Fsp3) is 0.0833. The zero-order valence-corrected chi connectivity index (χ0v) is 9.80. The van der Waals surface area contributed by atoms with Crippen molar-refractivity contribution in [3.8, 4) is 11.5 Å². The summed E-state index contributed by atoms with van der Waals surface area (Å²) in [5.74, 6) is 0.644. The van der Waals surface area contributed by atoms with Gasteiger partial charge >= 0.3 is 0 Å². The lowest BCUT2D eigenvalue weighted by Crippen LogP contribution is -2.03. The van der Waals surface area contributed by atoms with E-state index in [0.717, 1.165) is 0 Å². The SMILES string of the molecule is COc1cccc2c(=O)c3c(O)csc3[nH]c12. The Bertz CT molecular complexity index is 772. The molecule has 0 spiro atoms. The summed E-state index contributed by atoms with van der Waals surface area (Å²) in [6, 6.07) is 5.26. The molecule has 0 bridgehead atoms. The predicted octanol–water partition coefficient (Wildman–Crippen LogP) is 2.46. The number of rotatable bonds is 1. The first kappa shape index (κ1) is 10.2. The zero-order valence-electron chi connectivity index (χ0n) is 8.98. The summed E-state index contributed by atoms with van der Waals surface area (Å²) in [5.41, 5.74) is 0.487. The molecule has 2 heterocycles. The molecule has 0 saturated heterocycles. The molecule has 4 nitrogen and oxygen atoms in total. The highest BCUT2D eigenvalue weighted by molar-refractivity contribution is 7.17. The highest BCUT2D eigenvalue weighted by atomic mass is 32.1. The van der Waals surface area contributed by atoms with Gasteiger partial charge in [-0.25, -0.2) is 0 Å². The maximum absolute atomic E-state index is 12.2. The van der Waals surface area contributed by atoms with Crippen LogP contribution in [0.25, 0.3) is 21.1 Å². The number of fused-ring (bicyclic) bond motifs is 2. The lowest BCUT2D eigenvalue weighted by Gasteiger charge is -2.04. The quantitative estimate of drug-likeness (QED) is 0.694. The highest BCUT2D eigenvalue weighted by Crippen LogP contribution is 2.31. The third kappa shape index (κ3) is 1.32. The Morgan fingerprint density at radius 1 is 1.41 bits per heavy atom. The monoisotopic (exact) mass is 247 g/mol. The maximum atomic E-state index is 12.2. The Hall–Kier alpha value is -2.01. The van der Waals surface area contributed by atoms with Crippen molar-refractivity contribution in [2.45, 2.75) is 0 Å². The number of aromatic amines is 1. The minimum atomic E-state index is -0.175. The van der Waals surface area contributed by atoms with Gasteiger partial charge in [-0.15, -0.1) is 11.3 Å². The molecular formula is C12H9NO3S. The lowest BCUT2D eigenvalue weighted by atomic mass is 10.1. The molecule has 0 aliphatic heterocycles. The van der Waals surface area contributed by atoms with Crippen LogP contribution in [0, 0.1) is 0 Å². The van der Waals surface area contributed by atoms with Crippen LogP contribution in [0.15, 0.2) is 28.4 Å². The number of hydrogen-bond acceptors (Lipinski definition) is 4. The van der Waals surface area contributed by atoms with Gasteiger partial charge in [-0.1, -0.05) is 6.07 Å². The van der Waals surface area contributed by atoms with Crippen molar-refractivity contribution in [3.63, 3.8) is 0 Å². The van der Waals surface area contributed by atoms with Gasteiger partial charge in [-0.2, -0.15) is 0 Å². The molecule has 2 aromatic heterocycles. The molecule has 5 heteroatoms. The minimum absolute atomic E-state index is 0.0240. The summed E-state index contributed by atoms with van der Waals surface area (Å²) in [6.45, 7) is 0. The number of thiophene rings is 1. The Balaban J connectivity index is 2.61. The third-order valence-electron chi connectivity index (χ3n) is 2.73. The zero-order chi connectivity index (χ0) is 12.0. The number of H-pyrrole nitrogens is 1. The van der Waals surface area contributed by atoms with Crippen molar-refractivity contribution in [1.82, 2.24) is 4.98 Å². The molecule has 0 unspecified atom stereocenters. The van der Waals surface area contributed by atoms with Crippen LogP contribution in [0.5, 0.6) is 11.5 Å². The first-order valence-corrected chi connectivity index (χ1v) is 5.89. The molecule has 2 N–H and O–H groups in total. The summed E-state index contributed by atoms with van der Waals surface area (Å²) in [6.07, 6.45) is 0. The van der Waals surface area contributed by atoms with E-state index in [-0.39, 0.29) is 11.2 Å². The molecule has 3 rings (SSSR count). The number of methoxy groups -OCH3 is 1. The fourth-order valence-electron chi connectivity index (χ4n) is 1.93. The molecule has 0 radical (unpaired) electrons. The molecule has 1 aromatic carbocycles. The Kier molecular flexibility index (Phi) is 2.09. The summed E-state index contributed by atoms with van der Waals surface area (Å²) < 4.78 is 5.21. The number of nitrogens with one attached hydrogen (secondary N) is 1. The summed E-state index contributed by atoms with van der Waals surface area (Å²) >= 11 is 1.30. The van der Waals surface area contributed by atoms with Gasteiger partial charge in [0.2, 0.25) is 5.43 Å². The minimum Gasteiger partial charge on any atom is -0.506 e. The average molecular weight is 247 g/mol. The first-order chi connectivity index (χ1) is 8.22. The Morgan fingerprint density at radius 2 is 2.24 bits per heavy atom. The average Bonchev–Trinajstić information content (AvgIpc) is 2.71. The van der Waals surface area contributed by atoms with Crippen LogP contribution < -0.4 is 10.2 Å². The normalized spacial score (nSPS) is 11.1. The van der Waals surface area contributed by atoms with Gasteiger partial charge in [-0.05, 0) is 12.1 Å². The van der Waals surface area contributed by atoms with Gasteiger partial charge < -0.3 is 14.8 Å².